The molecule has 0 saturated carbocycles. The second-order valence-corrected chi connectivity index (χ2v) is 6.46. The van der Waals surface area contributed by atoms with Gasteiger partial charge in [0, 0.05) is 11.6 Å². The van der Waals surface area contributed by atoms with Crippen molar-refractivity contribution in [2.24, 2.45) is 0 Å². The molecule has 0 radical (unpaired) electrons. The molecule has 0 aliphatic rings. The second-order valence-electron chi connectivity index (χ2n) is 5.54. The van der Waals surface area contributed by atoms with E-state index < -0.39 is 0 Å². The Morgan fingerprint density at radius 1 is 1.30 bits per heavy atom. The molecule has 2 aromatic rings. The van der Waals surface area contributed by atoms with E-state index in [1.165, 1.54) is 11.3 Å². The third-order valence-electron chi connectivity index (χ3n) is 3.58. The van der Waals surface area contributed by atoms with E-state index in [9.17, 15) is 4.79 Å². The van der Waals surface area contributed by atoms with Gasteiger partial charge < -0.3 is 14.8 Å². The summed E-state index contributed by atoms with van der Waals surface area (Å²) >= 11 is 1.43. The van der Waals surface area contributed by atoms with Crippen molar-refractivity contribution in [2.45, 2.75) is 39.8 Å². The number of carbonyl (C=O) groups excluding carboxylic acids is 1. The molecule has 4 nitrogen and oxygen atoms in total. The lowest BCUT2D eigenvalue weighted by Crippen LogP contribution is -2.31. The minimum Gasteiger partial charge on any atom is -0.493 e. The summed E-state index contributed by atoms with van der Waals surface area (Å²) in [6.45, 7) is 6.46. The Morgan fingerprint density at radius 2 is 2.09 bits per heavy atom. The van der Waals surface area contributed by atoms with E-state index in [0.717, 1.165) is 23.3 Å². The average molecular weight is 333 g/mol. The van der Waals surface area contributed by atoms with Crippen LogP contribution in [0.15, 0.2) is 29.6 Å². The number of thiophene rings is 1. The van der Waals surface area contributed by atoms with Crippen molar-refractivity contribution in [3.05, 3.63) is 45.6 Å². The van der Waals surface area contributed by atoms with Crippen LogP contribution < -0.4 is 14.8 Å². The molecule has 1 aromatic carbocycles. The van der Waals surface area contributed by atoms with Gasteiger partial charge in [-0.1, -0.05) is 13.0 Å². The van der Waals surface area contributed by atoms with E-state index in [0.29, 0.717) is 17.2 Å². The van der Waals surface area contributed by atoms with Crippen molar-refractivity contribution in [3.63, 3.8) is 0 Å². The minimum atomic E-state index is -0.0245. The first kappa shape index (κ1) is 17.3. The molecule has 23 heavy (non-hydrogen) atoms. The van der Waals surface area contributed by atoms with Crippen LogP contribution in [0, 0.1) is 6.92 Å². The largest absolute Gasteiger partial charge is 0.493 e. The number of hydrogen-bond acceptors (Lipinski definition) is 4. The Bertz CT molecular complexity index is 666. The SMILES string of the molecule is CCC(C)NC(=O)c1cc(COc2ccc(C)cc2OC)cs1. The Kier molecular flexibility index (Phi) is 6.04. The van der Waals surface area contributed by atoms with Crippen molar-refractivity contribution in [1.29, 1.82) is 0 Å². The van der Waals surface area contributed by atoms with Crippen LogP contribution in [0.1, 0.15) is 41.1 Å². The van der Waals surface area contributed by atoms with Crippen LogP contribution >= 0.6 is 11.3 Å². The number of methoxy groups -OCH3 is 1. The Labute approximate surface area is 141 Å². The summed E-state index contributed by atoms with van der Waals surface area (Å²) in [5.74, 6) is 1.40. The summed E-state index contributed by atoms with van der Waals surface area (Å²) in [5.41, 5.74) is 2.10. The maximum Gasteiger partial charge on any atom is 0.261 e. The first-order valence-corrected chi connectivity index (χ1v) is 8.57. The van der Waals surface area contributed by atoms with Gasteiger partial charge in [0.1, 0.15) is 6.61 Å². The van der Waals surface area contributed by atoms with Gasteiger partial charge in [-0.2, -0.15) is 0 Å². The number of ether oxygens (including phenoxy) is 2. The van der Waals surface area contributed by atoms with Crippen LogP contribution in [-0.4, -0.2) is 19.1 Å². The fourth-order valence-corrected chi connectivity index (χ4v) is 2.82. The van der Waals surface area contributed by atoms with Crippen molar-refractivity contribution in [3.8, 4) is 11.5 Å². The van der Waals surface area contributed by atoms with Gasteiger partial charge in [0.2, 0.25) is 0 Å². The normalized spacial score (nSPS) is 11.8. The molecule has 0 aliphatic heterocycles. The summed E-state index contributed by atoms with van der Waals surface area (Å²) in [5, 5.41) is 4.92. The second kappa shape index (κ2) is 8.02. The highest BCUT2D eigenvalue weighted by Crippen LogP contribution is 2.29. The van der Waals surface area contributed by atoms with E-state index in [1.54, 1.807) is 7.11 Å². The highest BCUT2D eigenvalue weighted by atomic mass is 32.1. The first-order chi connectivity index (χ1) is 11.0. The zero-order valence-electron chi connectivity index (χ0n) is 14.0. The fraction of sp³-hybridized carbons (Fsp3) is 0.389. The molecule has 124 valence electrons. The lowest BCUT2D eigenvalue weighted by Gasteiger charge is -2.10. The number of carbonyl (C=O) groups is 1. The van der Waals surface area contributed by atoms with Gasteiger partial charge in [-0.25, -0.2) is 0 Å². The van der Waals surface area contributed by atoms with Crippen LogP contribution in [0.5, 0.6) is 11.5 Å². The maximum atomic E-state index is 12.1. The van der Waals surface area contributed by atoms with Gasteiger partial charge in [-0.05, 0) is 49.4 Å². The molecule has 1 amide bonds. The van der Waals surface area contributed by atoms with Crippen molar-refractivity contribution in [1.82, 2.24) is 5.32 Å². The molecule has 1 heterocycles. The number of rotatable bonds is 7. The van der Waals surface area contributed by atoms with Gasteiger partial charge in [0.25, 0.3) is 5.91 Å². The minimum absolute atomic E-state index is 0.0245. The van der Waals surface area contributed by atoms with Gasteiger partial charge in [0.15, 0.2) is 11.5 Å². The monoisotopic (exact) mass is 333 g/mol. The highest BCUT2D eigenvalue weighted by molar-refractivity contribution is 7.12. The van der Waals surface area contributed by atoms with Crippen molar-refractivity contribution < 1.29 is 14.3 Å². The summed E-state index contributed by atoms with van der Waals surface area (Å²) in [4.78, 5) is 12.8. The van der Waals surface area contributed by atoms with E-state index in [1.807, 2.05) is 50.4 Å². The lowest BCUT2D eigenvalue weighted by atomic mass is 10.2. The third-order valence-corrected chi connectivity index (χ3v) is 4.56. The molecule has 5 heteroatoms. The molecule has 0 saturated heterocycles. The lowest BCUT2D eigenvalue weighted by molar-refractivity contribution is 0.0943. The Balaban J connectivity index is 1.98. The van der Waals surface area contributed by atoms with Crippen LogP contribution in [0.3, 0.4) is 0 Å². The molecule has 0 bridgehead atoms. The first-order valence-electron chi connectivity index (χ1n) is 7.69. The molecule has 1 aromatic heterocycles. The Morgan fingerprint density at radius 3 is 2.78 bits per heavy atom. The smallest absolute Gasteiger partial charge is 0.261 e. The quantitative estimate of drug-likeness (QED) is 0.827. The zero-order valence-corrected chi connectivity index (χ0v) is 14.8. The van der Waals surface area contributed by atoms with E-state index in [4.69, 9.17) is 9.47 Å². The third kappa shape index (κ3) is 4.73. The van der Waals surface area contributed by atoms with Gasteiger partial charge in [-0.3, -0.25) is 4.79 Å². The van der Waals surface area contributed by atoms with E-state index >= 15 is 0 Å². The van der Waals surface area contributed by atoms with E-state index in [2.05, 4.69) is 5.32 Å². The summed E-state index contributed by atoms with van der Waals surface area (Å²) in [6.07, 6.45) is 0.917. The topological polar surface area (TPSA) is 47.6 Å². The number of nitrogens with one attached hydrogen (secondary N) is 1. The van der Waals surface area contributed by atoms with E-state index in [-0.39, 0.29) is 11.9 Å². The van der Waals surface area contributed by atoms with Crippen LogP contribution in [0.2, 0.25) is 0 Å². The average Bonchev–Trinajstić information content (AvgIpc) is 3.02. The summed E-state index contributed by atoms with van der Waals surface area (Å²) in [6, 6.07) is 7.88. The van der Waals surface area contributed by atoms with Crippen molar-refractivity contribution >= 4 is 17.2 Å². The van der Waals surface area contributed by atoms with Gasteiger partial charge in [0.05, 0.1) is 12.0 Å². The van der Waals surface area contributed by atoms with Crippen LogP contribution in [0.4, 0.5) is 0 Å². The molecule has 1 N–H and O–H groups in total. The highest BCUT2D eigenvalue weighted by Gasteiger charge is 2.12. The van der Waals surface area contributed by atoms with Crippen LogP contribution in [0.25, 0.3) is 0 Å². The van der Waals surface area contributed by atoms with Crippen LogP contribution in [-0.2, 0) is 6.61 Å². The van der Waals surface area contributed by atoms with Gasteiger partial charge >= 0.3 is 0 Å². The summed E-state index contributed by atoms with van der Waals surface area (Å²) < 4.78 is 11.1. The molecule has 2 rings (SSSR count). The zero-order chi connectivity index (χ0) is 16.8. The number of benzene rings is 1. The molecular formula is C18H23NO3S. The maximum absolute atomic E-state index is 12.1. The molecule has 0 aliphatic carbocycles. The van der Waals surface area contributed by atoms with Crippen molar-refractivity contribution in [2.75, 3.05) is 7.11 Å². The predicted molar refractivity (Wildman–Crippen MR) is 93.6 cm³/mol. The molecular weight excluding hydrogens is 310 g/mol. The number of aryl methyl sites for hydroxylation is 1. The van der Waals surface area contributed by atoms with Gasteiger partial charge in [-0.15, -0.1) is 11.3 Å². The predicted octanol–water partition coefficient (Wildman–Crippen LogP) is 4.17. The molecule has 0 fully saturated rings. The molecule has 1 atom stereocenters. The summed E-state index contributed by atoms with van der Waals surface area (Å²) in [7, 11) is 1.63. The molecule has 0 spiro atoms. The standard InChI is InChI=1S/C18H23NO3S/c1-5-13(3)19-18(20)17-9-14(11-23-17)10-22-15-7-6-12(2)8-16(15)21-4/h6-9,11,13H,5,10H2,1-4H3,(H,19,20). The Hall–Kier alpha value is -2.01. The molecule has 1 unspecified atom stereocenters. The fourth-order valence-electron chi connectivity index (χ4n) is 2.02. The number of hydrogen-bond donors (Lipinski definition) is 1. The number of amides is 1.